The van der Waals surface area contributed by atoms with E-state index in [1.165, 1.54) is 60.8 Å². The molecular weight excluding hydrogens is 434 g/mol. The van der Waals surface area contributed by atoms with Crippen molar-refractivity contribution in [2.24, 2.45) is 5.41 Å². The van der Waals surface area contributed by atoms with E-state index >= 15 is 0 Å². The molecule has 2 aromatic rings. The minimum Gasteiger partial charge on any atom is -0.198 e. The van der Waals surface area contributed by atoms with Crippen molar-refractivity contribution >= 4 is 0 Å². The van der Waals surface area contributed by atoms with Crippen LogP contribution in [0.25, 0.3) is 11.1 Å². The average molecular weight is 486 g/mol. The summed E-state index contributed by atoms with van der Waals surface area (Å²) in [6, 6.07) is 17.2. The van der Waals surface area contributed by atoms with Gasteiger partial charge in [-0.05, 0) is 77.3 Å². The van der Waals surface area contributed by atoms with Gasteiger partial charge in [-0.15, -0.1) is 0 Å². The van der Waals surface area contributed by atoms with Crippen molar-refractivity contribution in [2.75, 3.05) is 0 Å². The van der Waals surface area contributed by atoms with Gasteiger partial charge in [-0.2, -0.15) is 5.26 Å². The molecule has 1 heteroatoms. The predicted octanol–water partition coefficient (Wildman–Crippen LogP) is 10.6. The molecule has 0 aromatic heterocycles. The molecular formula is C35H51N. The van der Waals surface area contributed by atoms with Crippen LogP contribution in [0.5, 0.6) is 0 Å². The van der Waals surface area contributed by atoms with Crippen LogP contribution in [0.4, 0.5) is 0 Å². The number of nitrogens with zero attached hydrogens (tertiary/aromatic N) is 1. The maximum absolute atomic E-state index is 9.55. The van der Waals surface area contributed by atoms with E-state index in [9.17, 15) is 5.26 Å². The Labute approximate surface area is 222 Å². The lowest BCUT2D eigenvalue weighted by Crippen LogP contribution is -2.27. The molecule has 0 saturated heterocycles. The summed E-state index contributed by atoms with van der Waals surface area (Å²) in [5.74, 6) is 0. The highest BCUT2D eigenvalue weighted by Crippen LogP contribution is 2.55. The Balaban J connectivity index is 2.14. The smallest absolute Gasteiger partial charge is 0.0683 e. The van der Waals surface area contributed by atoms with E-state index < -0.39 is 0 Å². The summed E-state index contributed by atoms with van der Waals surface area (Å²) in [6.45, 7) is 20.5. The second-order valence-electron chi connectivity index (χ2n) is 14.1. The Bertz CT molecular complexity index is 1020. The van der Waals surface area contributed by atoms with Gasteiger partial charge < -0.3 is 0 Å². The van der Waals surface area contributed by atoms with Crippen LogP contribution < -0.4 is 0 Å². The largest absolute Gasteiger partial charge is 0.198 e. The molecule has 1 nitrogen and oxygen atoms in total. The normalized spacial score (nSPS) is 14.9. The topological polar surface area (TPSA) is 23.8 Å². The first-order valence-corrected chi connectivity index (χ1v) is 14.5. The third-order valence-electron chi connectivity index (χ3n) is 8.51. The van der Waals surface area contributed by atoms with E-state index in [2.05, 4.69) is 105 Å². The zero-order chi connectivity index (χ0) is 26.8. The standard InChI is InChI=1S/C35H51N/c1-10-11-12-13-21-35(22-15-14-20-34(8,9)25-36)30-23-26(32(2,3)4)16-18-28(30)29-19-17-27(24-31(29)35)33(5,6)7/h16-19,23-24H,10-15,20-22H2,1-9H3. The number of rotatable bonds is 10. The lowest BCUT2D eigenvalue weighted by molar-refractivity contribution is 0.371. The first-order valence-electron chi connectivity index (χ1n) is 14.5. The zero-order valence-corrected chi connectivity index (χ0v) is 24.8. The molecule has 0 unspecified atom stereocenters. The Morgan fingerprint density at radius 3 is 1.56 bits per heavy atom. The monoisotopic (exact) mass is 485 g/mol. The molecule has 0 atom stereocenters. The molecule has 2 aromatic carbocycles. The SMILES string of the molecule is CCCCCCC1(CCCCC(C)(C)C#N)c2cc(C(C)(C)C)ccc2-c2ccc(C(C)(C)C)cc21. The zero-order valence-electron chi connectivity index (χ0n) is 24.8. The third-order valence-corrected chi connectivity index (χ3v) is 8.51. The Kier molecular flexibility index (Phi) is 8.50. The van der Waals surface area contributed by atoms with E-state index in [4.69, 9.17) is 0 Å². The summed E-state index contributed by atoms with van der Waals surface area (Å²) in [4.78, 5) is 0. The van der Waals surface area contributed by atoms with Crippen molar-refractivity contribution in [2.45, 2.75) is 136 Å². The van der Waals surface area contributed by atoms with Crippen LogP contribution in [0, 0.1) is 16.7 Å². The number of nitriles is 1. The number of hydrogen-bond donors (Lipinski definition) is 0. The highest BCUT2D eigenvalue weighted by atomic mass is 14.5. The van der Waals surface area contributed by atoms with Crippen LogP contribution in [0.2, 0.25) is 0 Å². The molecule has 0 radical (unpaired) electrons. The lowest BCUT2D eigenvalue weighted by atomic mass is 9.68. The predicted molar refractivity (Wildman–Crippen MR) is 157 cm³/mol. The summed E-state index contributed by atoms with van der Waals surface area (Å²) in [5, 5.41) is 9.55. The molecule has 1 aliphatic rings. The molecule has 3 rings (SSSR count). The van der Waals surface area contributed by atoms with Crippen LogP contribution in [-0.2, 0) is 16.2 Å². The minimum absolute atomic E-state index is 0.0672. The molecule has 0 N–H and O–H groups in total. The Hall–Kier alpha value is -2.07. The molecule has 0 heterocycles. The number of unbranched alkanes of at least 4 members (excludes halogenated alkanes) is 4. The average Bonchev–Trinajstić information content (AvgIpc) is 3.07. The van der Waals surface area contributed by atoms with Gasteiger partial charge in [-0.3, -0.25) is 0 Å². The summed E-state index contributed by atoms with van der Waals surface area (Å²) < 4.78 is 0. The minimum atomic E-state index is -0.238. The van der Waals surface area contributed by atoms with E-state index in [1.807, 2.05) is 0 Å². The highest BCUT2D eigenvalue weighted by molar-refractivity contribution is 5.82. The van der Waals surface area contributed by atoms with Crippen LogP contribution >= 0.6 is 0 Å². The van der Waals surface area contributed by atoms with Gasteiger partial charge in [0.15, 0.2) is 0 Å². The second-order valence-corrected chi connectivity index (χ2v) is 14.1. The Morgan fingerprint density at radius 2 is 1.14 bits per heavy atom. The van der Waals surface area contributed by atoms with E-state index in [0.717, 1.165) is 19.3 Å². The molecule has 0 spiro atoms. The van der Waals surface area contributed by atoms with Crippen molar-refractivity contribution in [3.63, 3.8) is 0 Å². The van der Waals surface area contributed by atoms with Crippen molar-refractivity contribution in [3.8, 4) is 17.2 Å². The Morgan fingerprint density at radius 1 is 0.667 bits per heavy atom. The van der Waals surface area contributed by atoms with E-state index in [-0.39, 0.29) is 21.7 Å². The van der Waals surface area contributed by atoms with Crippen LogP contribution in [0.1, 0.15) is 142 Å². The van der Waals surface area contributed by atoms with Crippen LogP contribution in [0.3, 0.4) is 0 Å². The number of fused-ring (bicyclic) bond motifs is 3. The summed E-state index contributed by atoms with van der Waals surface area (Å²) in [5.41, 5.74) is 8.99. The van der Waals surface area contributed by atoms with Crippen molar-refractivity contribution in [1.29, 1.82) is 5.26 Å². The van der Waals surface area contributed by atoms with Gasteiger partial charge in [0.05, 0.1) is 11.5 Å². The molecule has 36 heavy (non-hydrogen) atoms. The molecule has 0 saturated carbocycles. The van der Waals surface area contributed by atoms with Gasteiger partial charge in [0, 0.05) is 5.41 Å². The fourth-order valence-electron chi connectivity index (χ4n) is 6.00. The van der Waals surface area contributed by atoms with Crippen LogP contribution in [-0.4, -0.2) is 0 Å². The second kappa shape index (κ2) is 10.7. The first-order chi connectivity index (χ1) is 16.7. The molecule has 1 aliphatic carbocycles. The third kappa shape index (κ3) is 6.07. The van der Waals surface area contributed by atoms with Gasteiger partial charge in [0.25, 0.3) is 0 Å². The van der Waals surface area contributed by atoms with Crippen molar-refractivity contribution < 1.29 is 0 Å². The molecule has 0 amide bonds. The lowest BCUT2D eigenvalue weighted by Gasteiger charge is -2.35. The first kappa shape index (κ1) is 28.5. The summed E-state index contributed by atoms with van der Waals surface area (Å²) in [6.07, 6.45) is 10.8. The van der Waals surface area contributed by atoms with Crippen molar-refractivity contribution in [3.05, 3.63) is 58.7 Å². The van der Waals surface area contributed by atoms with Crippen LogP contribution in [0.15, 0.2) is 36.4 Å². The molecule has 0 aliphatic heterocycles. The maximum atomic E-state index is 9.55. The summed E-state index contributed by atoms with van der Waals surface area (Å²) in [7, 11) is 0. The van der Waals surface area contributed by atoms with E-state index in [0.29, 0.717) is 0 Å². The van der Waals surface area contributed by atoms with Gasteiger partial charge >= 0.3 is 0 Å². The maximum Gasteiger partial charge on any atom is 0.0683 e. The number of hydrogen-bond acceptors (Lipinski definition) is 1. The fourth-order valence-corrected chi connectivity index (χ4v) is 6.00. The van der Waals surface area contributed by atoms with Crippen molar-refractivity contribution in [1.82, 2.24) is 0 Å². The van der Waals surface area contributed by atoms with Gasteiger partial charge in [0.1, 0.15) is 0 Å². The quantitative estimate of drug-likeness (QED) is 0.307. The number of benzene rings is 2. The molecule has 0 fully saturated rings. The van der Waals surface area contributed by atoms with E-state index in [1.54, 1.807) is 11.1 Å². The highest BCUT2D eigenvalue weighted by Gasteiger charge is 2.43. The molecule has 0 bridgehead atoms. The molecule has 196 valence electrons. The fraction of sp³-hybridized carbons (Fsp3) is 0.629. The summed E-state index contributed by atoms with van der Waals surface area (Å²) >= 11 is 0. The van der Waals surface area contributed by atoms with Gasteiger partial charge in [0.2, 0.25) is 0 Å². The van der Waals surface area contributed by atoms with Gasteiger partial charge in [-0.1, -0.05) is 123 Å². The van der Waals surface area contributed by atoms with Gasteiger partial charge in [-0.25, -0.2) is 0 Å².